The van der Waals surface area contributed by atoms with Crippen molar-refractivity contribution in [3.8, 4) is 5.75 Å². The molecule has 0 bridgehead atoms. The van der Waals surface area contributed by atoms with Crippen molar-refractivity contribution in [1.29, 1.82) is 0 Å². The molecule has 0 aromatic heterocycles. The standard InChI is InChI=1S/C20H28N2O/c1-17-8-7-9-18(14-17)15-22(13-12-21(2)3)16-19-10-5-6-11-20(19)23-4/h5-11,14H,12-13,15-16H2,1-4H3. The van der Waals surface area contributed by atoms with Crippen LogP contribution in [0.25, 0.3) is 0 Å². The lowest BCUT2D eigenvalue weighted by atomic mass is 10.1. The lowest BCUT2D eigenvalue weighted by molar-refractivity contribution is 0.223. The van der Waals surface area contributed by atoms with Crippen LogP contribution in [-0.2, 0) is 13.1 Å². The molecule has 0 fully saturated rings. The maximum absolute atomic E-state index is 5.50. The molecule has 0 spiro atoms. The molecule has 0 amide bonds. The van der Waals surface area contributed by atoms with E-state index >= 15 is 0 Å². The minimum atomic E-state index is 0.895. The highest BCUT2D eigenvalue weighted by Gasteiger charge is 2.11. The third-order valence-electron chi connectivity index (χ3n) is 3.94. The zero-order valence-electron chi connectivity index (χ0n) is 14.7. The number of likely N-dealkylation sites (N-methyl/N-ethyl adjacent to an activating group) is 1. The molecule has 0 heterocycles. The highest BCUT2D eigenvalue weighted by atomic mass is 16.5. The molecule has 2 rings (SSSR count). The predicted octanol–water partition coefficient (Wildman–Crippen LogP) is 3.57. The molecule has 0 unspecified atom stereocenters. The summed E-state index contributed by atoms with van der Waals surface area (Å²) in [5, 5.41) is 0. The second-order valence-electron chi connectivity index (χ2n) is 6.31. The molecule has 0 aliphatic heterocycles. The van der Waals surface area contributed by atoms with E-state index in [4.69, 9.17) is 4.74 Å². The van der Waals surface area contributed by atoms with Gasteiger partial charge in [-0.2, -0.15) is 0 Å². The summed E-state index contributed by atoms with van der Waals surface area (Å²) in [5.41, 5.74) is 3.91. The van der Waals surface area contributed by atoms with Gasteiger partial charge < -0.3 is 9.64 Å². The van der Waals surface area contributed by atoms with Crippen LogP contribution in [0, 0.1) is 6.92 Å². The van der Waals surface area contributed by atoms with E-state index in [0.717, 1.165) is 31.9 Å². The van der Waals surface area contributed by atoms with E-state index < -0.39 is 0 Å². The Balaban J connectivity index is 2.13. The van der Waals surface area contributed by atoms with Gasteiger partial charge in [0.2, 0.25) is 0 Å². The molecule has 0 saturated carbocycles. The first-order valence-corrected chi connectivity index (χ1v) is 8.13. The lowest BCUT2D eigenvalue weighted by Gasteiger charge is -2.25. The van der Waals surface area contributed by atoms with Gasteiger partial charge in [0.15, 0.2) is 0 Å². The summed E-state index contributed by atoms with van der Waals surface area (Å²) >= 11 is 0. The van der Waals surface area contributed by atoms with E-state index in [1.807, 2.05) is 12.1 Å². The zero-order valence-corrected chi connectivity index (χ0v) is 14.7. The Morgan fingerprint density at radius 1 is 0.913 bits per heavy atom. The molecule has 0 aliphatic carbocycles. The Labute approximate surface area is 140 Å². The van der Waals surface area contributed by atoms with E-state index in [-0.39, 0.29) is 0 Å². The van der Waals surface area contributed by atoms with Crippen LogP contribution >= 0.6 is 0 Å². The van der Waals surface area contributed by atoms with Gasteiger partial charge >= 0.3 is 0 Å². The highest BCUT2D eigenvalue weighted by molar-refractivity contribution is 5.33. The summed E-state index contributed by atoms with van der Waals surface area (Å²) in [6.45, 7) is 6.06. The fourth-order valence-corrected chi connectivity index (χ4v) is 2.70. The van der Waals surface area contributed by atoms with Crippen molar-refractivity contribution >= 4 is 0 Å². The first kappa shape index (κ1) is 17.5. The van der Waals surface area contributed by atoms with Crippen molar-refractivity contribution in [3.05, 3.63) is 65.2 Å². The Kier molecular flexibility index (Phi) is 6.63. The number of hydrogen-bond acceptors (Lipinski definition) is 3. The van der Waals surface area contributed by atoms with Crippen LogP contribution in [0.2, 0.25) is 0 Å². The third kappa shape index (κ3) is 5.70. The van der Waals surface area contributed by atoms with Crippen LogP contribution in [0.3, 0.4) is 0 Å². The number of rotatable bonds is 8. The monoisotopic (exact) mass is 312 g/mol. The first-order valence-electron chi connectivity index (χ1n) is 8.13. The summed E-state index contributed by atoms with van der Waals surface area (Å²) < 4.78 is 5.50. The molecule has 0 aliphatic rings. The lowest BCUT2D eigenvalue weighted by Crippen LogP contribution is -2.31. The molecule has 124 valence electrons. The SMILES string of the molecule is COc1ccccc1CN(CCN(C)C)Cc1cccc(C)c1. The fraction of sp³-hybridized carbons (Fsp3) is 0.400. The predicted molar refractivity (Wildman–Crippen MR) is 96.8 cm³/mol. The number of para-hydroxylation sites is 1. The summed E-state index contributed by atoms with van der Waals surface area (Å²) in [4.78, 5) is 4.71. The number of ether oxygens (including phenoxy) is 1. The Bertz CT molecular complexity index is 610. The van der Waals surface area contributed by atoms with Gasteiger partial charge in [0.25, 0.3) is 0 Å². The number of aryl methyl sites for hydroxylation is 1. The average molecular weight is 312 g/mol. The average Bonchev–Trinajstić information content (AvgIpc) is 2.53. The maximum Gasteiger partial charge on any atom is 0.123 e. The van der Waals surface area contributed by atoms with Gasteiger partial charge in [-0.3, -0.25) is 4.90 Å². The quantitative estimate of drug-likeness (QED) is 0.741. The van der Waals surface area contributed by atoms with Crippen LogP contribution in [0.15, 0.2) is 48.5 Å². The fourth-order valence-electron chi connectivity index (χ4n) is 2.70. The zero-order chi connectivity index (χ0) is 16.7. The minimum absolute atomic E-state index is 0.895. The van der Waals surface area contributed by atoms with E-state index in [1.54, 1.807) is 7.11 Å². The van der Waals surface area contributed by atoms with Gasteiger partial charge in [0.05, 0.1) is 7.11 Å². The topological polar surface area (TPSA) is 15.7 Å². The van der Waals surface area contributed by atoms with Crippen molar-refractivity contribution in [1.82, 2.24) is 9.80 Å². The molecule has 2 aromatic rings. The second-order valence-corrected chi connectivity index (χ2v) is 6.31. The Morgan fingerprint density at radius 3 is 2.39 bits per heavy atom. The van der Waals surface area contributed by atoms with Gasteiger partial charge in [0.1, 0.15) is 5.75 Å². The van der Waals surface area contributed by atoms with Crippen molar-refractivity contribution in [3.63, 3.8) is 0 Å². The van der Waals surface area contributed by atoms with Gasteiger partial charge in [-0.25, -0.2) is 0 Å². The summed E-state index contributed by atoms with van der Waals surface area (Å²) in [7, 11) is 5.98. The van der Waals surface area contributed by atoms with Crippen molar-refractivity contribution in [2.75, 3.05) is 34.3 Å². The highest BCUT2D eigenvalue weighted by Crippen LogP contribution is 2.20. The largest absolute Gasteiger partial charge is 0.496 e. The number of methoxy groups -OCH3 is 1. The van der Waals surface area contributed by atoms with E-state index in [1.165, 1.54) is 16.7 Å². The molecule has 2 aromatic carbocycles. The Morgan fingerprint density at radius 2 is 1.70 bits per heavy atom. The maximum atomic E-state index is 5.50. The van der Waals surface area contributed by atoms with Crippen LogP contribution in [0.5, 0.6) is 5.75 Å². The van der Waals surface area contributed by atoms with Gasteiger partial charge in [-0.05, 0) is 32.6 Å². The van der Waals surface area contributed by atoms with Crippen molar-refractivity contribution in [2.24, 2.45) is 0 Å². The van der Waals surface area contributed by atoms with Crippen LogP contribution in [-0.4, -0.2) is 44.1 Å². The van der Waals surface area contributed by atoms with Gasteiger partial charge in [0, 0.05) is 31.7 Å². The number of benzene rings is 2. The molecule has 0 N–H and O–H groups in total. The van der Waals surface area contributed by atoms with E-state index in [9.17, 15) is 0 Å². The van der Waals surface area contributed by atoms with Gasteiger partial charge in [-0.15, -0.1) is 0 Å². The van der Waals surface area contributed by atoms with E-state index in [0.29, 0.717) is 0 Å². The normalized spacial score (nSPS) is 11.2. The smallest absolute Gasteiger partial charge is 0.123 e. The molecule has 0 atom stereocenters. The molecule has 3 heteroatoms. The molecule has 0 radical (unpaired) electrons. The van der Waals surface area contributed by atoms with Crippen molar-refractivity contribution in [2.45, 2.75) is 20.0 Å². The summed E-state index contributed by atoms with van der Waals surface area (Å²) in [5.74, 6) is 0.964. The van der Waals surface area contributed by atoms with Crippen LogP contribution < -0.4 is 4.74 Å². The number of hydrogen-bond donors (Lipinski definition) is 0. The molecule has 23 heavy (non-hydrogen) atoms. The molecular formula is C20H28N2O. The Hall–Kier alpha value is -1.84. The third-order valence-corrected chi connectivity index (χ3v) is 3.94. The summed E-state index contributed by atoms with van der Waals surface area (Å²) in [6, 6.07) is 17.0. The second kappa shape index (κ2) is 8.70. The minimum Gasteiger partial charge on any atom is -0.496 e. The van der Waals surface area contributed by atoms with Crippen LogP contribution in [0.4, 0.5) is 0 Å². The molecule has 3 nitrogen and oxygen atoms in total. The molecular weight excluding hydrogens is 284 g/mol. The van der Waals surface area contributed by atoms with Gasteiger partial charge in [-0.1, -0.05) is 48.0 Å². The summed E-state index contributed by atoms with van der Waals surface area (Å²) in [6.07, 6.45) is 0. The van der Waals surface area contributed by atoms with E-state index in [2.05, 4.69) is 67.2 Å². The first-order chi connectivity index (χ1) is 11.1. The number of nitrogens with zero attached hydrogens (tertiary/aromatic N) is 2. The molecule has 0 saturated heterocycles. The van der Waals surface area contributed by atoms with Crippen LogP contribution in [0.1, 0.15) is 16.7 Å². The van der Waals surface area contributed by atoms with Crippen molar-refractivity contribution < 1.29 is 4.74 Å².